The monoisotopic (exact) mass is 266 g/mol. The second kappa shape index (κ2) is 4.85. The molecule has 4 heteroatoms. The Bertz CT molecular complexity index is 335. The summed E-state index contributed by atoms with van der Waals surface area (Å²) in [6.07, 6.45) is 6.80. The van der Waals surface area contributed by atoms with Gasteiger partial charge in [-0.15, -0.1) is 0 Å². The van der Waals surface area contributed by atoms with Crippen LogP contribution in [0.15, 0.2) is 0 Å². The minimum absolute atomic E-state index is 0.243. The molecule has 0 heterocycles. The molecular weight excluding hydrogens is 244 g/mol. The lowest BCUT2D eigenvalue weighted by atomic mass is 9.81. The van der Waals surface area contributed by atoms with E-state index in [4.69, 9.17) is 10.7 Å². The largest absolute Gasteiger partial charge is 0.238 e. The van der Waals surface area contributed by atoms with Crippen LogP contribution in [0.5, 0.6) is 0 Å². The van der Waals surface area contributed by atoms with Gasteiger partial charge in [-0.25, -0.2) is 8.42 Å². The van der Waals surface area contributed by atoms with E-state index in [-0.39, 0.29) is 5.41 Å². The summed E-state index contributed by atoms with van der Waals surface area (Å²) in [5.74, 6) is 0. The molecule has 16 heavy (non-hydrogen) atoms. The minimum Gasteiger partial charge on any atom is -0.212 e. The van der Waals surface area contributed by atoms with Crippen LogP contribution >= 0.6 is 10.7 Å². The normalized spacial score (nSPS) is 32.5. The molecule has 0 spiro atoms. The molecule has 0 radical (unpaired) electrons. The molecule has 0 amide bonds. The smallest absolute Gasteiger partial charge is 0.212 e. The average Bonchev–Trinajstić information content (AvgIpc) is 2.17. The molecule has 0 aliphatic heterocycles. The first kappa shape index (κ1) is 14.3. The van der Waals surface area contributed by atoms with E-state index >= 15 is 0 Å². The van der Waals surface area contributed by atoms with Crippen LogP contribution in [0.1, 0.15) is 65.7 Å². The van der Waals surface area contributed by atoms with Crippen molar-refractivity contribution in [3.8, 4) is 0 Å². The van der Waals surface area contributed by atoms with Crippen molar-refractivity contribution in [3.63, 3.8) is 0 Å². The van der Waals surface area contributed by atoms with E-state index in [9.17, 15) is 8.42 Å². The Hall–Kier alpha value is 0.240. The Morgan fingerprint density at radius 3 is 2.00 bits per heavy atom. The van der Waals surface area contributed by atoms with Crippen molar-refractivity contribution in [1.82, 2.24) is 0 Å². The summed E-state index contributed by atoms with van der Waals surface area (Å²) in [6, 6.07) is 0. The molecule has 1 aliphatic carbocycles. The van der Waals surface area contributed by atoms with Crippen LogP contribution in [-0.4, -0.2) is 13.2 Å². The van der Waals surface area contributed by atoms with Gasteiger partial charge in [-0.05, 0) is 38.0 Å². The van der Waals surface area contributed by atoms with Crippen LogP contribution in [0.25, 0.3) is 0 Å². The van der Waals surface area contributed by atoms with Gasteiger partial charge in [0.05, 0.1) is 4.75 Å². The van der Waals surface area contributed by atoms with Crippen molar-refractivity contribution in [2.24, 2.45) is 5.41 Å². The van der Waals surface area contributed by atoms with E-state index in [2.05, 4.69) is 13.8 Å². The maximum atomic E-state index is 11.7. The Morgan fingerprint density at radius 2 is 1.44 bits per heavy atom. The van der Waals surface area contributed by atoms with Gasteiger partial charge in [0.2, 0.25) is 9.05 Å². The fourth-order valence-electron chi connectivity index (χ4n) is 2.38. The zero-order valence-electron chi connectivity index (χ0n) is 10.6. The molecule has 0 saturated heterocycles. The predicted octanol–water partition coefficient (Wildman–Crippen LogP) is 4.08. The van der Waals surface area contributed by atoms with E-state index < -0.39 is 13.8 Å². The third-order valence-electron chi connectivity index (χ3n) is 3.98. The topological polar surface area (TPSA) is 34.1 Å². The zero-order chi connectivity index (χ0) is 12.4. The lowest BCUT2D eigenvalue weighted by Crippen LogP contribution is -2.33. The predicted molar refractivity (Wildman–Crippen MR) is 69.3 cm³/mol. The van der Waals surface area contributed by atoms with Crippen molar-refractivity contribution in [1.29, 1.82) is 0 Å². The van der Waals surface area contributed by atoms with Crippen LogP contribution in [0.4, 0.5) is 0 Å². The highest BCUT2D eigenvalue weighted by Gasteiger charge is 2.39. The van der Waals surface area contributed by atoms with Crippen molar-refractivity contribution in [2.45, 2.75) is 70.5 Å². The van der Waals surface area contributed by atoms with Gasteiger partial charge in [0, 0.05) is 10.7 Å². The fraction of sp³-hybridized carbons (Fsp3) is 1.00. The lowest BCUT2D eigenvalue weighted by Gasteiger charge is -2.30. The number of hydrogen-bond acceptors (Lipinski definition) is 2. The van der Waals surface area contributed by atoms with Crippen molar-refractivity contribution in [2.75, 3.05) is 0 Å². The molecule has 1 aliphatic rings. The minimum atomic E-state index is -3.46. The molecule has 0 aromatic rings. The first-order chi connectivity index (χ1) is 7.16. The van der Waals surface area contributed by atoms with Crippen molar-refractivity contribution in [3.05, 3.63) is 0 Å². The van der Waals surface area contributed by atoms with Crippen molar-refractivity contribution >= 4 is 19.7 Å². The highest BCUT2D eigenvalue weighted by atomic mass is 35.7. The molecule has 1 atom stereocenters. The zero-order valence-corrected chi connectivity index (χ0v) is 12.1. The van der Waals surface area contributed by atoms with Crippen LogP contribution in [-0.2, 0) is 9.05 Å². The van der Waals surface area contributed by atoms with Gasteiger partial charge in [-0.2, -0.15) is 0 Å². The first-order valence-electron chi connectivity index (χ1n) is 6.11. The molecule has 2 nitrogen and oxygen atoms in total. The summed E-state index contributed by atoms with van der Waals surface area (Å²) in [5.41, 5.74) is 0.243. The highest BCUT2D eigenvalue weighted by molar-refractivity contribution is 8.14. The molecule has 0 N–H and O–H groups in total. The van der Waals surface area contributed by atoms with Gasteiger partial charge in [0.25, 0.3) is 0 Å². The maximum absolute atomic E-state index is 11.7. The molecule has 0 bridgehead atoms. The van der Waals surface area contributed by atoms with E-state index in [1.165, 1.54) is 12.8 Å². The van der Waals surface area contributed by atoms with Gasteiger partial charge in [0.1, 0.15) is 0 Å². The molecule has 1 saturated carbocycles. The number of halogens is 1. The van der Waals surface area contributed by atoms with Crippen molar-refractivity contribution < 1.29 is 8.42 Å². The number of rotatable bonds is 1. The number of hydrogen-bond donors (Lipinski definition) is 0. The summed E-state index contributed by atoms with van der Waals surface area (Å²) in [6.45, 7) is 6.25. The second-order valence-corrected chi connectivity index (χ2v) is 9.19. The second-order valence-electron chi connectivity index (χ2n) is 6.11. The molecule has 0 aromatic carbocycles. The van der Waals surface area contributed by atoms with E-state index in [1.54, 1.807) is 6.92 Å². The molecule has 1 unspecified atom stereocenters. The Labute approximate surface area is 104 Å². The van der Waals surface area contributed by atoms with Crippen LogP contribution in [0.3, 0.4) is 0 Å². The van der Waals surface area contributed by atoms with Crippen LogP contribution in [0.2, 0.25) is 0 Å². The van der Waals surface area contributed by atoms with Gasteiger partial charge in [0.15, 0.2) is 0 Å². The van der Waals surface area contributed by atoms with E-state index in [0.29, 0.717) is 12.8 Å². The van der Waals surface area contributed by atoms with Gasteiger partial charge < -0.3 is 0 Å². The first-order valence-corrected chi connectivity index (χ1v) is 8.42. The lowest BCUT2D eigenvalue weighted by molar-refractivity contribution is 0.283. The highest BCUT2D eigenvalue weighted by Crippen LogP contribution is 2.40. The molecule has 1 rings (SSSR count). The van der Waals surface area contributed by atoms with Crippen LogP contribution in [0, 0.1) is 5.41 Å². The molecule has 0 aromatic heterocycles. The van der Waals surface area contributed by atoms with Gasteiger partial charge in [-0.1, -0.05) is 33.1 Å². The van der Waals surface area contributed by atoms with E-state index in [0.717, 1.165) is 19.3 Å². The fourth-order valence-corrected chi connectivity index (χ4v) is 3.57. The third kappa shape index (κ3) is 3.63. The summed E-state index contributed by atoms with van der Waals surface area (Å²) in [5, 5.41) is 0. The Kier molecular flexibility index (Phi) is 4.34. The standard InChI is InChI=1S/C12H23ClO2S/c1-11(2)7-5-4-6-8-12(3,10-9-11)16(13,14)15/h4-10H2,1-3H3. The molecular formula is C12H23ClO2S. The molecule has 1 fully saturated rings. The Balaban J connectivity index is 2.87. The quantitative estimate of drug-likeness (QED) is 0.670. The molecule has 96 valence electrons. The third-order valence-corrected chi connectivity index (χ3v) is 6.68. The average molecular weight is 267 g/mol. The van der Waals surface area contributed by atoms with Gasteiger partial charge >= 0.3 is 0 Å². The maximum Gasteiger partial charge on any atom is 0.238 e. The Morgan fingerprint density at radius 1 is 0.875 bits per heavy atom. The summed E-state index contributed by atoms with van der Waals surface area (Å²) in [4.78, 5) is 0. The SMILES string of the molecule is CC1(C)CCCCCC(C)(S(=O)(=O)Cl)CC1. The summed E-state index contributed by atoms with van der Waals surface area (Å²) in [7, 11) is 2.14. The summed E-state index contributed by atoms with van der Waals surface area (Å²) < 4.78 is 22.6. The van der Waals surface area contributed by atoms with E-state index in [1.807, 2.05) is 0 Å². The summed E-state index contributed by atoms with van der Waals surface area (Å²) >= 11 is 0. The van der Waals surface area contributed by atoms with Gasteiger partial charge in [-0.3, -0.25) is 0 Å². The van der Waals surface area contributed by atoms with Crippen LogP contribution < -0.4 is 0 Å².